The second-order valence-corrected chi connectivity index (χ2v) is 7.96. The lowest BCUT2D eigenvalue weighted by Gasteiger charge is -2.51. The molecule has 26 heavy (non-hydrogen) atoms. The third-order valence-electron chi connectivity index (χ3n) is 6.35. The Kier molecular flexibility index (Phi) is 5.16. The predicted octanol–water partition coefficient (Wildman–Crippen LogP) is 2.54. The van der Waals surface area contributed by atoms with Crippen LogP contribution in [0.25, 0.3) is 0 Å². The van der Waals surface area contributed by atoms with Gasteiger partial charge in [-0.25, -0.2) is 0 Å². The molecule has 144 valence electrons. The van der Waals surface area contributed by atoms with E-state index in [1.54, 1.807) is 0 Å². The molecule has 2 unspecified atom stereocenters. The number of anilines is 1. The minimum atomic E-state index is -0.00870. The van der Waals surface area contributed by atoms with Crippen molar-refractivity contribution >= 4 is 12.0 Å². The molecule has 0 amide bonds. The van der Waals surface area contributed by atoms with Crippen LogP contribution in [0.4, 0.5) is 6.01 Å². The normalized spacial score (nSPS) is 30.4. The first-order chi connectivity index (χ1) is 12.7. The van der Waals surface area contributed by atoms with E-state index in [-0.39, 0.29) is 11.9 Å². The lowest BCUT2D eigenvalue weighted by Crippen LogP contribution is -2.58. The van der Waals surface area contributed by atoms with Gasteiger partial charge in [0.25, 0.3) is 0 Å². The largest absolute Gasteiger partial charge is 0.466 e. The van der Waals surface area contributed by atoms with E-state index in [0.717, 1.165) is 38.8 Å². The first kappa shape index (κ1) is 17.8. The summed E-state index contributed by atoms with van der Waals surface area (Å²) in [4.78, 5) is 21.5. The van der Waals surface area contributed by atoms with Crippen LogP contribution in [0.5, 0.6) is 0 Å². The quantitative estimate of drug-likeness (QED) is 0.762. The van der Waals surface area contributed by atoms with Gasteiger partial charge in [0.2, 0.25) is 0 Å². The summed E-state index contributed by atoms with van der Waals surface area (Å²) in [7, 11) is 0. The van der Waals surface area contributed by atoms with Crippen LogP contribution in [0.2, 0.25) is 0 Å². The van der Waals surface area contributed by atoms with Crippen LogP contribution >= 0.6 is 0 Å². The molecule has 2 bridgehead atoms. The zero-order valence-electron chi connectivity index (χ0n) is 15.9. The Balaban J connectivity index is 1.38. The molecule has 0 radical (unpaired) electrons. The Hall–Kier alpha value is -1.63. The summed E-state index contributed by atoms with van der Waals surface area (Å²) in [5.41, 5.74) is 0. The zero-order valence-corrected chi connectivity index (χ0v) is 15.9. The molecule has 3 aliphatic heterocycles. The molecular formula is C19H30N4O3. The van der Waals surface area contributed by atoms with Gasteiger partial charge in [-0.1, -0.05) is 5.16 Å². The average Bonchev–Trinajstić information content (AvgIpc) is 3.07. The number of hydrogen-bond acceptors (Lipinski definition) is 7. The molecule has 0 saturated carbocycles. The van der Waals surface area contributed by atoms with Gasteiger partial charge in [-0.05, 0) is 71.9 Å². The SMILES string of the molecule is CCOC(=O)C1CCN(C2CC3CCCC(C2)N3c2nc(C)no2)CC1. The van der Waals surface area contributed by atoms with E-state index < -0.39 is 0 Å². The maximum Gasteiger partial charge on any atom is 0.324 e. The van der Waals surface area contributed by atoms with Crippen LogP contribution in [0.15, 0.2) is 4.52 Å². The summed E-state index contributed by atoms with van der Waals surface area (Å²) >= 11 is 0. The Morgan fingerprint density at radius 1 is 1.15 bits per heavy atom. The first-order valence-corrected chi connectivity index (χ1v) is 10.1. The van der Waals surface area contributed by atoms with Crippen LogP contribution in [-0.2, 0) is 9.53 Å². The van der Waals surface area contributed by atoms with Crippen molar-refractivity contribution < 1.29 is 14.1 Å². The van der Waals surface area contributed by atoms with Crippen LogP contribution < -0.4 is 4.90 Å². The summed E-state index contributed by atoms with van der Waals surface area (Å²) in [6.07, 6.45) is 7.86. The Morgan fingerprint density at radius 3 is 2.42 bits per heavy atom. The van der Waals surface area contributed by atoms with Crippen LogP contribution in [0.3, 0.4) is 0 Å². The highest BCUT2D eigenvalue weighted by Crippen LogP contribution is 2.39. The van der Waals surface area contributed by atoms with Crippen LogP contribution in [-0.4, -0.2) is 58.8 Å². The molecule has 2 atom stereocenters. The van der Waals surface area contributed by atoms with Crippen molar-refractivity contribution in [2.75, 3.05) is 24.6 Å². The predicted molar refractivity (Wildman–Crippen MR) is 96.9 cm³/mol. The van der Waals surface area contributed by atoms with Crippen molar-refractivity contribution in [3.63, 3.8) is 0 Å². The highest BCUT2D eigenvalue weighted by Gasteiger charge is 2.43. The molecule has 4 heterocycles. The molecule has 0 spiro atoms. The summed E-state index contributed by atoms with van der Waals surface area (Å²) in [6.45, 7) is 6.25. The lowest BCUT2D eigenvalue weighted by molar-refractivity contribution is -0.149. The Morgan fingerprint density at radius 2 is 1.85 bits per heavy atom. The number of aromatic nitrogens is 2. The molecule has 4 rings (SSSR count). The van der Waals surface area contributed by atoms with E-state index >= 15 is 0 Å². The number of piperidine rings is 3. The molecule has 0 N–H and O–H groups in total. The van der Waals surface area contributed by atoms with Gasteiger partial charge in [0, 0.05) is 18.1 Å². The van der Waals surface area contributed by atoms with Crippen molar-refractivity contribution in [2.45, 2.75) is 76.9 Å². The molecule has 3 fully saturated rings. The monoisotopic (exact) mass is 362 g/mol. The number of likely N-dealkylation sites (tertiary alicyclic amines) is 1. The second kappa shape index (κ2) is 7.55. The fourth-order valence-corrected chi connectivity index (χ4v) is 5.11. The standard InChI is InChI=1S/C19H30N4O3/c1-3-25-18(24)14-7-9-22(10-8-14)17-11-15-5-4-6-16(12-17)23(15)19-20-13(2)21-26-19/h14-17H,3-12H2,1-2H3. The van der Waals surface area contributed by atoms with Gasteiger partial charge in [-0.3, -0.25) is 4.79 Å². The van der Waals surface area contributed by atoms with E-state index in [0.29, 0.717) is 36.6 Å². The third-order valence-corrected chi connectivity index (χ3v) is 6.35. The number of esters is 1. The van der Waals surface area contributed by atoms with Crippen molar-refractivity contribution in [3.05, 3.63) is 5.82 Å². The summed E-state index contributed by atoms with van der Waals surface area (Å²) < 4.78 is 10.7. The van der Waals surface area contributed by atoms with Gasteiger partial charge in [0.15, 0.2) is 5.82 Å². The minimum absolute atomic E-state index is 0.00870. The van der Waals surface area contributed by atoms with E-state index in [1.807, 2.05) is 13.8 Å². The lowest BCUT2D eigenvalue weighted by atomic mass is 9.80. The topological polar surface area (TPSA) is 71.7 Å². The van der Waals surface area contributed by atoms with Crippen LogP contribution in [0.1, 0.15) is 57.7 Å². The van der Waals surface area contributed by atoms with Gasteiger partial charge >= 0.3 is 12.0 Å². The molecular weight excluding hydrogens is 332 g/mol. The maximum absolute atomic E-state index is 12.0. The summed E-state index contributed by atoms with van der Waals surface area (Å²) in [5, 5.41) is 3.99. The Bertz CT molecular complexity index is 612. The molecule has 7 nitrogen and oxygen atoms in total. The third kappa shape index (κ3) is 3.46. The van der Waals surface area contributed by atoms with Crippen molar-refractivity contribution in [1.29, 1.82) is 0 Å². The zero-order chi connectivity index (χ0) is 18.1. The van der Waals surface area contributed by atoms with Crippen molar-refractivity contribution in [3.8, 4) is 0 Å². The van der Waals surface area contributed by atoms with E-state index in [1.165, 1.54) is 19.3 Å². The highest BCUT2D eigenvalue weighted by molar-refractivity contribution is 5.72. The average molecular weight is 362 g/mol. The number of rotatable bonds is 4. The van der Waals surface area contributed by atoms with Crippen molar-refractivity contribution in [2.24, 2.45) is 5.92 Å². The molecule has 3 aliphatic rings. The number of carbonyl (C=O) groups is 1. The van der Waals surface area contributed by atoms with Gasteiger partial charge in [0.1, 0.15) is 0 Å². The molecule has 1 aromatic heterocycles. The van der Waals surface area contributed by atoms with Gasteiger partial charge in [-0.15, -0.1) is 0 Å². The highest BCUT2D eigenvalue weighted by atomic mass is 16.5. The van der Waals surface area contributed by atoms with Gasteiger partial charge in [0.05, 0.1) is 12.5 Å². The number of aryl methyl sites for hydroxylation is 1. The van der Waals surface area contributed by atoms with E-state index in [9.17, 15) is 4.79 Å². The number of carbonyl (C=O) groups excluding carboxylic acids is 1. The maximum atomic E-state index is 12.0. The molecule has 7 heteroatoms. The molecule has 3 saturated heterocycles. The fraction of sp³-hybridized carbons (Fsp3) is 0.842. The molecule has 0 aromatic carbocycles. The van der Waals surface area contributed by atoms with Gasteiger partial charge in [-0.2, -0.15) is 4.98 Å². The fourth-order valence-electron chi connectivity index (χ4n) is 5.11. The number of nitrogens with zero attached hydrogens (tertiary/aromatic N) is 4. The molecule has 0 aliphatic carbocycles. The summed E-state index contributed by atoms with van der Waals surface area (Å²) in [6, 6.07) is 2.30. The molecule has 1 aromatic rings. The Labute approximate surface area is 155 Å². The first-order valence-electron chi connectivity index (χ1n) is 10.1. The second-order valence-electron chi connectivity index (χ2n) is 7.96. The van der Waals surface area contributed by atoms with E-state index in [4.69, 9.17) is 9.26 Å². The number of fused-ring (bicyclic) bond motifs is 2. The van der Waals surface area contributed by atoms with Crippen LogP contribution in [0, 0.1) is 12.8 Å². The van der Waals surface area contributed by atoms with E-state index in [2.05, 4.69) is 19.9 Å². The van der Waals surface area contributed by atoms with Crippen molar-refractivity contribution in [1.82, 2.24) is 15.0 Å². The minimum Gasteiger partial charge on any atom is -0.466 e. The smallest absolute Gasteiger partial charge is 0.324 e. The number of ether oxygens (including phenoxy) is 1. The number of hydrogen-bond donors (Lipinski definition) is 0. The van der Waals surface area contributed by atoms with Gasteiger partial charge < -0.3 is 19.1 Å². The summed E-state index contributed by atoms with van der Waals surface area (Å²) in [5.74, 6) is 0.791.